The van der Waals surface area contributed by atoms with Crippen molar-refractivity contribution >= 4 is 21.6 Å². The largest absolute Gasteiger partial charge is 0.497 e. The van der Waals surface area contributed by atoms with Crippen molar-refractivity contribution in [3.8, 4) is 5.75 Å². The number of hydrogen-bond donors (Lipinski definition) is 0. The predicted molar refractivity (Wildman–Crippen MR) is 120 cm³/mol. The number of carbonyl (C=O) groups is 1. The maximum atomic E-state index is 13.5. The van der Waals surface area contributed by atoms with Crippen molar-refractivity contribution in [3.05, 3.63) is 54.1 Å². The molecule has 0 aromatic heterocycles. The number of ether oxygens (including phenoxy) is 1. The molecule has 8 heteroatoms. The summed E-state index contributed by atoms with van der Waals surface area (Å²) in [6, 6.07) is 14.1. The van der Waals surface area contributed by atoms with Gasteiger partial charge >= 0.3 is 0 Å². The highest BCUT2D eigenvalue weighted by Gasteiger charge is 2.36. The highest BCUT2D eigenvalue weighted by Crippen LogP contribution is 2.32. The van der Waals surface area contributed by atoms with E-state index >= 15 is 0 Å². The highest BCUT2D eigenvalue weighted by molar-refractivity contribution is 7.89. The standard InChI is InChI=1S/C23H29N3O4S/c1-30-20-11-9-19(10-12-20)17-25-18-23(27)26(16-15-24-13-5-2-6-14-24)21-7-3-4-8-22(21)31(25,28)29/h3-4,7-12H,2,5-6,13-18H2,1H3. The summed E-state index contributed by atoms with van der Waals surface area (Å²) in [5.74, 6) is 0.506. The molecule has 166 valence electrons. The van der Waals surface area contributed by atoms with E-state index in [9.17, 15) is 13.2 Å². The third-order valence-corrected chi connectivity index (χ3v) is 7.83. The van der Waals surface area contributed by atoms with Gasteiger partial charge < -0.3 is 14.5 Å². The number of amides is 1. The van der Waals surface area contributed by atoms with Crippen molar-refractivity contribution in [1.82, 2.24) is 9.21 Å². The molecular formula is C23H29N3O4S. The zero-order valence-electron chi connectivity index (χ0n) is 17.9. The number of fused-ring (bicyclic) bond motifs is 1. The number of hydrogen-bond acceptors (Lipinski definition) is 5. The third-order valence-electron chi connectivity index (χ3n) is 5.99. The molecule has 0 bridgehead atoms. The van der Waals surface area contributed by atoms with Crippen LogP contribution in [0.4, 0.5) is 5.69 Å². The molecule has 0 radical (unpaired) electrons. The molecule has 2 aromatic carbocycles. The monoisotopic (exact) mass is 443 g/mol. The van der Waals surface area contributed by atoms with E-state index in [1.807, 2.05) is 12.1 Å². The van der Waals surface area contributed by atoms with Crippen molar-refractivity contribution in [1.29, 1.82) is 0 Å². The average Bonchev–Trinajstić information content (AvgIpc) is 2.87. The molecule has 7 nitrogen and oxygen atoms in total. The first-order valence-electron chi connectivity index (χ1n) is 10.7. The number of rotatable bonds is 6. The number of likely N-dealkylation sites (tertiary alicyclic amines) is 1. The minimum absolute atomic E-state index is 0.131. The Balaban J connectivity index is 1.60. The maximum Gasteiger partial charge on any atom is 0.245 e. The van der Waals surface area contributed by atoms with E-state index < -0.39 is 10.0 Å². The lowest BCUT2D eigenvalue weighted by Gasteiger charge is -2.30. The van der Waals surface area contributed by atoms with Crippen LogP contribution < -0.4 is 9.64 Å². The van der Waals surface area contributed by atoms with Gasteiger partial charge in [-0.05, 0) is 55.8 Å². The van der Waals surface area contributed by atoms with Crippen LogP contribution in [0.2, 0.25) is 0 Å². The van der Waals surface area contributed by atoms with Crippen LogP contribution in [-0.4, -0.2) is 63.4 Å². The van der Waals surface area contributed by atoms with Gasteiger partial charge in [0.15, 0.2) is 0 Å². The van der Waals surface area contributed by atoms with Crippen molar-refractivity contribution in [2.75, 3.05) is 44.7 Å². The van der Waals surface area contributed by atoms with Crippen LogP contribution >= 0.6 is 0 Å². The zero-order chi connectivity index (χ0) is 21.8. The van der Waals surface area contributed by atoms with Crippen LogP contribution in [0.3, 0.4) is 0 Å². The highest BCUT2D eigenvalue weighted by atomic mass is 32.2. The fourth-order valence-corrected chi connectivity index (χ4v) is 5.81. The number of benzene rings is 2. The molecule has 1 saturated heterocycles. The van der Waals surface area contributed by atoms with Crippen molar-refractivity contribution in [2.45, 2.75) is 30.7 Å². The van der Waals surface area contributed by atoms with Gasteiger partial charge in [0, 0.05) is 19.6 Å². The topological polar surface area (TPSA) is 70.2 Å². The number of methoxy groups -OCH3 is 1. The maximum absolute atomic E-state index is 13.5. The summed E-state index contributed by atoms with van der Waals surface area (Å²) in [6.07, 6.45) is 3.60. The Morgan fingerprint density at radius 3 is 2.35 bits per heavy atom. The summed E-state index contributed by atoms with van der Waals surface area (Å²) in [4.78, 5) is 17.4. The molecule has 0 atom stereocenters. The lowest BCUT2D eigenvalue weighted by atomic mass is 10.1. The molecule has 0 spiro atoms. The summed E-state index contributed by atoms with van der Waals surface area (Å²) in [5, 5.41) is 0. The predicted octanol–water partition coefficient (Wildman–Crippen LogP) is 2.72. The molecule has 1 fully saturated rings. The van der Waals surface area contributed by atoms with Crippen LogP contribution in [0.25, 0.3) is 0 Å². The molecule has 31 heavy (non-hydrogen) atoms. The van der Waals surface area contributed by atoms with E-state index in [4.69, 9.17) is 4.74 Å². The third kappa shape index (κ3) is 4.76. The zero-order valence-corrected chi connectivity index (χ0v) is 18.7. The molecule has 2 heterocycles. The molecule has 2 aliphatic rings. The first-order valence-corrected chi connectivity index (χ1v) is 12.2. The van der Waals surface area contributed by atoms with Gasteiger partial charge in [-0.3, -0.25) is 4.79 Å². The fourth-order valence-electron chi connectivity index (χ4n) is 4.24. The minimum atomic E-state index is -3.82. The SMILES string of the molecule is COc1ccc(CN2CC(=O)N(CCN3CCCCC3)c3ccccc3S2(=O)=O)cc1. The minimum Gasteiger partial charge on any atom is -0.497 e. The second-order valence-electron chi connectivity index (χ2n) is 8.04. The molecule has 2 aromatic rings. The normalized spacial score (nSPS) is 19.6. The quantitative estimate of drug-likeness (QED) is 0.687. The van der Waals surface area contributed by atoms with Crippen LogP contribution in [0.1, 0.15) is 24.8 Å². The van der Waals surface area contributed by atoms with Gasteiger partial charge in [-0.15, -0.1) is 0 Å². The Morgan fingerprint density at radius 2 is 1.65 bits per heavy atom. The number of carbonyl (C=O) groups excluding carboxylic acids is 1. The Morgan fingerprint density at radius 1 is 0.935 bits per heavy atom. The van der Waals surface area contributed by atoms with E-state index in [1.54, 1.807) is 48.4 Å². The van der Waals surface area contributed by atoms with Gasteiger partial charge in [0.05, 0.1) is 19.3 Å². The molecular weight excluding hydrogens is 414 g/mol. The average molecular weight is 444 g/mol. The second kappa shape index (κ2) is 9.38. The summed E-state index contributed by atoms with van der Waals surface area (Å²) in [6.45, 7) is 3.26. The van der Waals surface area contributed by atoms with Gasteiger partial charge in [0.1, 0.15) is 10.6 Å². The lowest BCUT2D eigenvalue weighted by Crippen LogP contribution is -2.43. The summed E-state index contributed by atoms with van der Waals surface area (Å²) in [7, 11) is -2.23. The van der Waals surface area contributed by atoms with E-state index in [0.29, 0.717) is 18.0 Å². The molecule has 0 saturated carbocycles. The van der Waals surface area contributed by atoms with E-state index in [1.165, 1.54) is 23.6 Å². The van der Waals surface area contributed by atoms with E-state index in [-0.39, 0.29) is 23.9 Å². The van der Waals surface area contributed by atoms with Gasteiger partial charge in [0.2, 0.25) is 15.9 Å². The Labute approximate surface area is 184 Å². The first kappa shape index (κ1) is 21.8. The molecule has 4 rings (SSSR count). The second-order valence-corrected chi connectivity index (χ2v) is 9.94. The van der Waals surface area contributed by atoms with Crippen LogP contribution in [0.5, 0.6) is 5.75 Å². The smallest absolute Gasteiger partial charge is 0.245 e. The van der Waals surface area contributed by atoms with Crippen molar-refractivity contribution in [2.24, 2.45) is 0 Å². The van der Waals surface area contributed by atoms with E-state index in [0.717, 1.165) is 25.2 Å². The number of anilines is 1. The molecule has 2 aliphatic heterocycles. The first-order chi connectivity index (χ1) is 15.0. The Bertz CT molecular complexity index is 1020. The van der Waals surface area contributed by atoms with Crippen molar-refractivity contribution in [3.63, 3.8) is 0 Å². The summed E-state index contributed by atoms with van der Waals surface area (Å²) in [5.41, 5.74) is 1.28. The molecule has 0 aliphatic carbocycles. The van der Waals surface area contributed by atoms with Gasteiger partial charge in [-0.1, -0.05) is 30.7 Å². The molecule has 1 amide bonds. The van der Waals surface area contributed by atoms with Gasteiger partial charge in [0.25, 0.3) is 0 Å². The molecule has 0 unspecified atom stereocenters. The Kier molecular flexibility index (Phi) is 6.60. The van der Waals surface area contributed by atoms with Crippen LogP contribution in [0, 0.1) is 0 Å². The number of sulfonamides is 1. The van der Waals surface area contributed by atoms with E-state index in [2.05, 4.69) is 4.90 Å². The van der Waals surface area contributed by atoms with Crippen LogP contribution in [0.15, 0.2) is 53.4 Å². The summed E-state index contributed by atoms with van der Waals surface area (Å²) < 4.78 is 33.4. The van der Waals surface area contributed by atoms with Gasteiger partial charge in [-0.2, -0.15) is 4.31 Å². The number of para-hydroxylation sites is 1. The summed E-state index contributed by atoms with van der Waals surface area (Å²) >= 11 is 0. The van der Waals surface area contributed by atoms with Crippen LogP contribution in [-0.2, 0) is 21.4 Å². The lowest BCUT2D eigenvalue weighted by molar-refractivity contribution is -0.118. The Hall–Kier alpha value is -2.42. The number of nitrogens with zero attached hydrogens (tertiary/aromatic N) is 3. The molecule has 0 N–H and O–H groups in total. The number of piperidine rings is 1. The fraction of sp³-hybridized carbons (Fsp3) is 0.435. The van der Waals surface area contributed by atoms with Crippen molar-refractivity contribution < 1.29 is 17.9 Å². The van der Waals surface area contributed by atoms with Gasteiger partial charge in [-0.25, -0.2) is 8.42 Å².